The van der Waals surface area contributed by atoms with Gasteiger partial charge in [0.15, 0.2) is 0 Å². The van der Waals surface area contributed by atoms with E-state index in [0.717, 1.165) is 42.7 Å². The van der Waals surface area contributed by atoms with E-state index in [1.54, 1.807) is 12.1 Å². The van der Waals surface area contributed by atoms with E-state index in [4.69, 9.17) is 4.74 Å². The maximum absolute atomic E-state index is 12.3. The summed E-state index contributed by atoms with van der Waals surface area (Å²) < 4.78 is 5.69. The molecule has 1 amide bonds. The lowest BCUT2D eigenvalue weighted by atomic mass is 10.2. The number of carbonyl (C=O) groups is 1. The second-order valence-electron chi connectivity index (χ2n) is 7.62. The maximum atomic E-state index is 12.3. The van der Waals surface area contributed by atoms with Crippen molar-refractivity contribution >= 4 is 17.5 Å². The number of nitrogens with zero attached hydrogens (tertiary/aromatic N) is 3. The smallest absolute Gasteiger partial charge is 0.251 e. The number of amides is 1. The lowest BCUT2D eigenvalue weighted by Gasteiger charge is -2.17. The van der Waals surface area contributed by atoms with Crippen LogP contribution in [0.25, 0.3) is 0 Å². The first-order valence-corrected chi connectivity index (χ1v) is 11.0. The molecule has 0 saturated carbocycles. The van der Waals surface area contributed by atoms with Crippen LogP contribution in [-0.4, -0.2) is 48.7 Å². The van der Waals surface area contributed by atoms with Gasteiger partial charge in [0, 0.05) is 37.8 Å². The number of nitrogens with one attached hydrogen (secondary N) is 2. The van der Waals surface area contributed by atoms with Crippen molar-refractivity contribution < 1.29 is 9.53 Å². The SMILES string of the molecule is CCCCCOc1ccc(C(=O)NCCNc2cc(N3CCCC3)nc(C)n2)cc1. The molecular formula is C23H33N5O2. The Morgan fingerprint density at radius 3 is 2.60 bits per heavy atom. The van der Waals surface area contributed by atoms with E-state index in [2.05, 4.69) is 32.4 Å². The monoisotopic (exact) mass is 411 g/mol. The van der Waals surface area contributed by atoms with Gasteiger partial charge in [-0.25, -0.2) is 9.97 Å². The normalized spacial score (nSPS) is 13.3. The Hall–Kier alpha value is -2.83. The molecule has 7 heteroatoms. The number of ether oxygens (including phenoxy) is 1. The lowest BCUT2D eigenvalue weighted by molar-refractivity contribution is 0.0955. The summed E-state index contributed by atoms with van der Waals surface area (Å²) >= 11 is 0. The Morgan fingerprint density at radius 2 is 1.87 bits per heavy atom. The van der Waals surface area contributed by atoms with Crippen molar-refractivity contribution in [1.29, 1.82) is 0 Å². The first kappa shape index (κ1) is 21.9. The molecule has 1 aliphatic rings. The number of unbranched alkanes of at least 4 members (excludes halogenated alkanes) is 2. The molecule has 1 aromatic carbocycles. The van der Waals surface area contributed by atoms with Crippen LogP contribution in [0.2, 0.25) is 0 Å². The highest BCUT2D eigenvalue weighted by Gasteiger charge is 2.15. The fraction of sp³-hybridized carbons (Fsp3) is 0.522. The van der Waals surface area contributed by atoms with Crippen LogP contribution < -0.4 is 20.3 Å². The summed E-state index contributed by atoms with van der Waals surface area (Å²) in [6.45, 7) is 8.00. The molecule has 1 aromatic heterocycles. The quantitative estimate of drug-likeness (QED) is 0.548. The second-order valence-corrected chi connectivity index (χ2v) is 7.62. The molecule has 0 bridgehead atoms. The summed E-state index contributed by atoms with van der Waals surface area (Å²) in [5.74, 6) is 3.23. The highest BCUT2D eigenvalue weighted by molar-refractivity contribution is 5.94. The summed E-state index contributed by atoms with van der Waals surface area (Å²) in [6.07, 6.45) is 5.82. The molecule has 2 heterocycles. The van der Waals surface area contributed by atoms with Crippen LogP contribution in [-0.2, 0) is 0 Å². The minimum Gasteiger partial charge on any atom is -0.494 e. The Bertz CT molecular complexity index is 804. The molecule has 0 radical (unpaired) electrons. The standard InChI is InChI=1S/C23H33N5O2/c1-3-4-7-16-30-20-10-8-19(9-11-20)23(29)25-13-12-24-21-17-22(27-18(2)26-21)28-14-5-6-15-28/h8-11,17H,3-7,12-16H2,1-2H3,(H,25,29)(H,24,26,27). The van der Waals surface area contributed by atoms with Gasteiger partial charge in [-0.3, -0.25) is 4.79 Å². The molecule has 2 N–H and O–H groups in total. The maximum Gasteiger partial charge on any atom is 0.251 e. The Morgan fingerprint density at radius 1 is 1.10 bits per heavy atom. The Kier molecular flexibility index (Phi) is 8.30. The van der Waals surface area contributed by atoms with Crippen molar-refractivity contribution in [1.82, 2.24) is 15.3 Å². The van der Waals surface area contributed by atoms with Crippen LogP contribution in [0.5, 0.6) is 5.75 Å². The van der Waals surface area contributed by atoms with Crippen LogP contribution in [0, 0.1) is 6.92 Å². The van der Waals surface area contributed by atoms with E-state index in [9.17, 15) is 4.79 Å². The van der Waals surface area contributed by atoms with Crippen molar-refractivity contribution in [2.24, 2.45) is 0 Å². The fourth-order valence-corrected chi connectivity index (χ4v) is 3.46. The van der Waals surface area contributed by atoms with Crippen LogP contribution in [0.3, 0.4) is 0 Å². The van der Waals surface area contributed by atoms with Gasteiger partial charge in [-0.1, -0.05) is 19.8 Å². The third-order valence-corrected chi connectivity index (χ3v) is 5.10. The van der Waals surface area contributed by atoms with Gasteiger partial charge in [0.05, 0.1) is 6.61 Å². The Balaban J connectivity index is 1.41. The number of aromatic nitrogens is 2. The molecule has 1 saturated heterocycles. The number of benzene rings is 1. The van der Waals surface area contributed by atoms with E-state index in [-0.39, 0.29) is 5.91 Å². The van der Waals surface area contributed by atoms with Crippen molar-refractivity contribution in [2.45, 2.75) is 46.0 Å². The topological polar surface area (TPSA) is 79.4 Å². The third-order valence-electron chi connectivity index (χ3n) is 5.10. The van der Waals surface area contributed by atoms with Gasteiger partial charge >= 0.3 is 0 Å². The van der Waals surface area contributed by atoms with Gasteiger partial charge in [-0.05, 0) is 50.5 Å². The van der Waals surface area contributed by atoms with Gasteiger partial charge in [0.1, 0.15) is 23.2 Å². The first-order chi connectivity index (χ1) is 14.7. The number of anilines is 2. The van der Waals surface area contributed by atoms with Crippen LogP contribution in [0.15, 0.2) is 30.3 Å². The van der Waals surface area contributed by atoms with Crippen molar-refractivity contribution in [3.63, 3.8) is 0 Å². The van der Waals surface area contributed by atoms with Gasteiger partial charge in [-0.15, -0.1) is 0 Å². The zero-order chi connectivity index (χ0) is 21.2. The van der Waals surface area contributed by atoms with E-state index in [0.29, 0.717) is 25.3 Å². The molecule has 1 aliphatic heterocycles. The summed E-state index contributed by atoms with van der Waals surface area (Å²) in [6, 6.07) is 9.28. The summed E-state index contributed by atoms with van der Waals surface area (Å²) in [7, 11) is 0. The fourth-order valence-electron chi connectivity index (χ4n) is 3.46. The molecule has 0 spiro atoms. The minimum atomic E-state index is -0.0917. The molecule has 0 unspecified atom stereocenters. The predicted molar refractivity (Wildman–Crippen MR) is 121 cm³/mol. The minimum absolute atomic E-state index is 0.0917. The highest BCUT2D eigenvalue weighted by Crippen LogP contribution is 2.20. The number of aryl methyl sites for hydroxylation is 1. The van der Waals surface area contributed by atoms with Gasteiger partial charge in [0.25, 0.3) is 5.91 Å². The summed E-state index contributed by atoms with van der Waals surface area (Å²) in [5.41, 5.74) is 0.630. The average molecular weight is 412 g/mol. The summed E-state index contributed by atoms with van der Waals surface area (Å²) in [4.78, 5) is 23.6. The largest absolute Gasteiger partial charge is 0.494 e. The molecule has 2 aromatic rings. The number of hydrogen-bond donors (Lipinski definition) is 2. The average Bonchev–Trinajstić information content (AvgIpc) is 3.29. The van der Waals surface area contributed by atoms with E-state index < -0.39 is 0 Å². The van der Waals surface area contributed by atoms with Gasteiger partial charge in [-0.2, -0.15) is 0 Å². The van der Waals surface area contributed by atoms with E-state index >= 15 is 0 Å². The second kappa shape index (κ2) is 11.4. The number of hydrogen-bond acceptors (Lipinski definition) is 6. The molecule has 30 heavy (non-hydrogen) atoms. The third kappa shape index (κ3) is 6.61. The zero-order valence-corrected chi connectivity index (χ0v) is 18.1. The first-order valence-electron chi connectivity index (χ1n) is 11.0. The zero-order valence-electron chi connectivity index (χ0n) is 18.1. The predicted octanol–water partition coefficient (Wildman–Crippen LogP) is 3.80. The van der Waals surface area contributed by atoms with E-state index in [1.807, 2.05) is 25.1 Å². The van der Waals surface area contributed by atoms with Gasteiger partial charge in [0.2, 0.25) is 0 Å². The Labute approximate surface area is 179 Å². The van der Waals surface area contributed by atoms with Crippen LogP contribution >= 0.6 is 0 Å². The molecule has 0 aliphatic carbocycles. The van der Waals surface area contributed by atoms with E-state index in [1.165, 1.54) is 25.7 Å². The van der Waals surface area contributed by atoms with Crippen molar-refractivity contribution in [3.8, 4) is 5.75 Å². The molecule has 7 nitrogen and oxygen atoms in total. The highest BCUT2D eigenvalue weighted by atomic mass is 16.5. The molecular weight excluding hydrogens is 378 g/mol. The lowest BCUT2D eigenvalue weighted by Crippen LogP contribution is -2.29. The molecule has 0 atom stereocenters. The summed E-state index contributed by atoms with van der Waals surface area (Å²) in [5, 5.41) is 6.22. The number of rotatable bonds is 11. The van der Waals surface area contributed by atoms with Crippen LogP contribution in [0.4, 0.5) is 11.6 Å². The number of carbonyl (C=O) groups excluding carboxylic acids is 1. The van der Waals surface area contributed by atoms with Crippen molar-refractivity contribution in [2.75, 3.05) is 43.0 Å². The van der Waals surface area contributed by atoms with Gasteiger partial charge < -0.3 is 20.3 Å². The van der Waals surface area contributed by atoms with Crippen LogP contribution in [0.1, 0.15) is 55.2 Å². The molecule has 1 fully saturated rings. The van der Waals surface area contributed by atoms with Crippen molar-refractivity contribution in [3.05, 3.63) is 41.7 Å². The molecule has 162 valence electrons. The molecule has 3 rings (SSSR count).